The number of hydrogen-bond donors (Lipinski definition) is 1. The van der Waals surface area contributed by atoms with Crippen LogP contribution in [0.3, 0.4) is 0 Å². The summed E-state index contributed by atoms with van der Waals surface area (Å²) >= 11 is 0. The smallest absolute Gasteiger partial charge is 0.254 e. The number of rotatable bonds is 4. The van der Waals surface area contributed by atoms with E-state index in [4.69, 9.17) is 0 Å². The fraction of sp³-hybridized carbons (Fsp3) is 0.667. The Bertz CT molecular complexity index is 827. The summed E-state index contributed by atoms with van der Waals surface area (Å²) in [5, 5.41) is 2.93. The van der Waals surface area contributed by atoms with E-state index in [1.807, 2.05) is 6.92 Å². The number of halogens is 1. The Morgan fingerprint density at radius 1 is 1.14 bits per heavy atom. The summed E-state index contributed by atoms with van der Waals surface area (Å²) in [4.78, 5) is 12.7. The van der Waals surface area contributed by atoms with Crippen LogP contribution in [0.4, 0.5) is 4.39 Å². The maximum absolute atomic E-state index is 14.4. The summed E-state index contributed by atoms with van der Waals surface area (Å²) in [6, 6.07) is 3.52. The average molecular weight is 411 g/mol. The quantitative estimate of drug-likeness (QED) is 0.821. The lowest BCUT2D eigenvalue weighted by atomic mass is 9.78. The fourth-order valence-corrected chi connectivity index (χ4v) is 6.01. The second-order valence-corrected chi connectivity index (χ2v) is 10.5. The van der Waals surface area contributed by atoms with E-state index in [2.05, 4.69) is 19.2 Å². The predicted octanol–water partition coefficient (Wildman–Crippen LogP) is 3.80. The number of piperidine rings is 1. The molecule has 1 amide bonds. The van der Waals surface area contributed by atoms with Gasteiger partial charge >= 0.3 is 0 Å². The molecule has 4 atom stereocenters. The Kier molecular flexibility index (Phi) is 6.44. The van der Waals surface area contributed by atoms with Gasteiger partial charge in [-0.05, 0) is 55.2 Å². The normalized spacial score (nSPS) is 29.4. The number of nitrogens with zero attached hydrogens (tertiary/aromatic N) is 1. The second kappa shape index (κ2) is 8.49. The molecule has 2 aliphatic rings. The Morgan fingerprint density at radius 3 is 2.61 bits per heavy atom. The molecule has 1 saturated carbocycles. The van der Waals surface area contributed by atoms with Crippen LogP contribution < -0.4 is 5.32 Å². The van der Waals surface area contributed by atoms with E-state index in [0.717, 1.165) is 38.2 Å². The molecule has 1 aliphatic carbocycles. The predicted molar refractivity (Wildman–Crippen MR) is 107 cm³/mol. The van der Waals surface area contributed by atoms with Gasteiger partial charge in [0.2, 0.25) is 10.0 Å². The molecule has 1 N–H and O–H groups in total. The third-order valence-electron chi connectivity index (χ3n) is 6.46. The van der Waals surface area contributed by atoms with Crippen molar-refractivity contribution >= 4 is 15.9 Å². The van der Waals surface area contributed by atoms with Gasteiger partial charge in [-0.1, -0.05) is 33.6 Å². The van der Waals surface area contributed by atoms with Crippen molar-refractivity contribution in [3.05, 3.63) is 29.6 Å². The summed E-state index contributed by atoms with van der Waals surface area (Å²) in [6.07, 6.45) is 4.83. The minimum Gasteiger partial charge on any atom is -0.349 e. The molecule has 5 nitrogen and oxygen atoms in total. The van der Waals surface area contributed by atoms with Gasteiger partial charge in [0.15, 0.2) is 0 Å². The van der Waals surface area contributed by atoms with Gasteiger partial charge < -0.3 is 5.32 Å². The van der Waals surface area contributed by atoms with E-state index < -0.39 is 21.7 Å². The molecule has 0 aromatic heterocycles. The minimum atomic E-state index is -3.73. The maximum atomic E-state index is 14.4. The molecular weight excluding hydrogens is 379 g/mol. The van der Waals surface area contributed by atoms with E-state index in [9.17, 15) is 17.6 Å². The molecule has 1 aliphatic heterocycles. The Morgan fingerprint density at radius 2 is 1.89 bits per heavy atom. The molecule has 0 bridgehead atoms. The number of benzene rings is 1. The molecule has 7 heteroatoms. The highest BCUT2D eigenvalue weighted by Crippen LogP contribution is 2.30. The molecule has 2 fully saturated rings. The fourth-order valence-electron chi connectivity index (χ4n) is 4.38. The monoisotopic (exact) mass is 410 g/mol. The van der Waals surface area contributed by atoms with Gasteiger partial charge in [-0.3, -0.25) is 4.79 Å². The van der Waals surface area contributed by atoms with Gasteiger partial charge in [-0.15, -0.1) is 0 Å². The molecule has 1 aromatic carbocycles. The van der Waals surface area contributed by atoms with Crippen LogP contribution in [-0.4, -0.2) is 37.8 Å². The van der Waals surface area contributed by atoms with E-state index >= 15 is 0 Å². The third-order valence-corrected chi connectivity index (χ3v) is 8.32. The van der Waals surface area contributed by atoms with Gasteiger partial charge in [0.1, 0.15) is 5.82 Å². The number of carbonyl (C=O) groups is 1. The van der Waals surface area contributed by atoms with Crippen molar-refractivity contribution in [3.8, 4) is 0 Å². The summed E-state index contributed by atoms with van der Waals surface area (Å²) < 4.78 is 41.8. The lowest BCUT2D eigenvalue weighted by Crippen LogP contribution is -2.44. The molecule has 1 aromatic rings. The second-order valence-electron chi connectivity index (χ2n) is 8.60. The molecule has 28 heavy (non-hydrogen) atoms. The SMILES string of the molecule is C[C@@H]1CCCN(S(=O)(=O)c2ccc(F)c(C(=O)N[C@@H]3CCC[C@H](C)[C@H]3C)c2)C1. The zero-order valence-corrected chi connectivity index (χ0v) is 17.8. The standard InChI is InChI=1S/C21H31FN2O3S/c1-14-6-5-11-24(13-14)28(26,27)17-9-10-19(22)18(12-17)21(25)23-20-8-4-7-15(2)16(20)3/h9-10,12,14-16,20H,4-8,11,13H2,1-3H3,(H,23,25)/t14-,15+,16-,20-/m1/s1. The van der Waals surface area contributed by atoms with Gasteiger partial charge in [0.05, 0.1) is 10.5 Å². The maximum Gasteiger partial charge on any atom is 0.254 e. The summed E-state index contributed by atoms with van der Waals surface area (Å²) in [7, 11) is -3.73. The van der Waals surface area contributed by atoms with Crippen LogP contribution in [0.25, 0.3) is 0 Å². The molecule has 156 valence electrons. The van der Waals surface area contributed by atoms with Crippen LogP contribution in [-0.2, 0) is 10.0 Å². The first-order valence-corrected chi connectivity index (χ1v) is 11.7. The Balaban J connectivity index is 1.82. The van der Waals surface area contributed by atoms with Crippen LogP contribution in [0, 0.1) is 23.6 Å². The molecule has 0 unspecified atom stereocenters. The highest BCUT2D eigenvalue weighted by atomic mass is 32.2. The molecule has 3 rings (SSSR count). The van der Waals surface area contributed by atoms with Crippen LogP contribution in [0.1, 0.15) is 63.2 Å². The topological polar surface area (TPSA) is 66.5 Å². The van der Waals surface area contributed by atoms with Gasteiger partial charge in [0.25, 0.3) is 5.91 Å². The molecular formula is C21H31FN2O3S. The molecule has 1 saturated heterocycles. The average Bonchev–Trinajstić information content (AvgIpc) is 2.65. The van der Waals surface area contributed by atoms with E-state index in [1.54, 1.807) is 0 Å². The van der Waals surface area contributed by atoms with Crippen molar-refractivity contribution in [2.24, 2.45) is 17.8 Å². The van der Waals surface area contributed by atoms with Gasteiger partial charge in [-0.25, -0.2) is 12.8 Å². The Hall–Kier alpha value is -1.47. The minimum absolute atomic E-state index is 0.0149. The highest BCUT2D eigenvalue weighted by Gasteiger charge is 2.31. The van der Waals surface area contributed by atoms with E-state index in [1.165, 1.54) is 16.4 Å². The van der Waals surface area contributed by atoms with Crippen LogP contribution in [0.15, 0.2) is 23.1 Å². The van der Waals surface area contributed by atoms with Crippen LogP contribution >= 0.6 is 0 Å². The lowest BCUT2D eigenvalue weighted by Gasteiger charge is -2.34. The van der Waals surface area contributed by atoms with Crippen molar-refractivity contribution in [2.45, 2.75) is 63.8 Å². The van der Waals surface area contributed by atoms with Crippen molar-refractivity contribution < 1.29 is 17.6 Å². The van der Waals surface area contributed by atoms with E-state index in [0.29, 0.717) is 30.8 Å². The van der Waals surface area contributed by atoms with E-state index in [-0.39, 0.29) is 16.5 Å². The first-order valence-electron chi connectivity index (χ1n) is 10.3. The van der Waals surface area contributed by atoms with Crippen molar-refractivity contribution in [2.75, 3.05) is 13.1 Å². The van der Waals surface area contributed by atoms with Crippen LogP contribution in [0.5, 0.6) is 0 Å². The number of carbonyl (C=O) groups excluding carboxylic acids is 1. The first-order chi connectivity index (χ1) is 13.2. The first kappa shape index (κ1) is 21.2. The molecule has 1 heterocycles. The number of amides is 1. The third kappa shape index (κ3) is 4.40. The highest BCUT2D eigenvalue weighted by molar-refractivity contribution is 7.89. The molecule has 0 radical (unpaired) electrons. The summed E-state index contributed by atoms with van der Waals surface area (Å²) in [5.74, 6) is -0.131. The Labute approximate surface area is 167 Å². The van der Waals surface area contributed by atoms with Crippen molar-refractivity contribution in [1.29, 1.82) is 0 Å². The summed E-state index contributed by atoms with van der Waals surface area (Å²) in [6.45, 7) is 7.21. The largest absolute Gasteiger partial charge is 0.349 e. The van der Waals surface area contributed by atoms with Crippen molar-refractivity contribution in [1.82, 2.24) is 9.62 Å². The number of hydrogen-bond acceptors (Lipinski definition) is 3. The van der Waals surface area contributed by atoms with Crippen molar-refractivity contribution in [3.63, 3.8) is 0 Å². The van der Waals surface area contributed by atoms with Gasteiger partial charge in [0, 0.05) is 19.1 Å². The molecule has 0 spiro atoms. The zero-order valence-electron chi connectivity index (χ0n) is 16.9. The summed E-state index contributed by atoms with van der Waals surface area (Å²) in [5.41, 5.74) is -0.198. The number of nitrogens with one attached hydrogen (secondary N) is 1. The number of sulfonamides is 1. The zero-order chi connectivity index (χ0) is 20.5. The lowest BCUT2D eigenvalue weighted by molar-refractivity contribution is 0.0886. The van der Waals surface area contributed by atoms with Crippen LogP contribution in [0.2, 0.25) is 0 Å². The van der Waals surface area contributed by atoms with Gasteiger partial charge in [-0.2, -0.15) is 4.31 Å².